The van der Waals surface area contributed by atoms with Crippen molar-refractivity contribution in [3.63, 3.8) is 0 Å². The first-order chi connectivity index (χ1) is 9.79. The average molecular weight is 333 g/mol. The van der Waals surface area contributed by atoms with E-state index in [9.17, 15) is 8.42 Å². The molecule has 1 aromatic rings. The minimum atomic E-state index is -3.35. The second kappa shape index (κ2) is 7.90. The lowest BCUT2D eigenvalue weighted by Gasteiger charge is -2.27. The number of nitrogens with one attached hydrogen (secondary N) is 1. The maximum absolute atomic E-state index is 12.0. The highest BCUT2D eigenvalue weighted by atomic mass is 35.5. The summed E-state index contributed by atoms with van der Waals surface area (Å²) in [4.78, 5) is 2.24. The van der Waals surface area contributed by atoms with Gasteiger partial charge in [-0.05, 0) is 51.0 Å². The van der Waals surface area contributed by atoms with Crippen molar-refractivity contribution in [3.05, 3.63) is 24.3 Å². The fourth-order valence-corrected chi connectivity index (χ4v) is 3.89. The number of sulfonamides is 1. The van der Waals surface area contributed by atoms with Gasteiger partial charge in [-0.25, -0.2) is 8.42 Å². The fourth-order valence-electron chi connectivity index (χ4n) is 2.21. The van der Waals surface area contributed by atoms with E-state index in [1.54, 1.807) is 12.1 Å². The lowest BCUT2D eigenvalue weighted by atomic mass is 10.2. The van der Waals surface area contributed by atoms with Crippen molar-refractivity contribution in [2.24, 2.45) is 5.92 Å². The van der Waals surface area contributed by atoms with E-state index in [4.69, 9.17) is 11.6 Å². The Bertz CT molecular complexity index is 529. The summed E-state index contributed by atoms with van der Waals surface area (Å²) >= 11 is 5.66. The van der Waals surface area contributed by atoms with Crippen molar-refractivity contribution >= 4 is 33.0 Å². The van der Waals surface area contributed by atoms with Gasteiger partial charge >= 0.3 is 0 Å². The van der Waals surface area contributed by atoms with Crippen LogP contribution in [0.5, 0.6) is 0 Å². The van der Waals surface area contributed by atoms with Crippen molar-refractivity contribution in [2.45, 2.75) is 33.7 Å². The summed E-state index contributed by atoms with van der Waals surface area (Å²) in [5.74, 6) is 0.297. The fraction of sp³-hybridized carbons (Fsp3) is 0.600. The van der Waals surface area contributed by atoms with Gasteiger partial charge < -0.3 is 4.90 Å². The van der Waals surface area contributed by atoms with Gasteiger partial charge in [0.2, 0.25) is 10.0 Å². The van der Waals surface area contributed by atoms with Crippen molar-refractivity contribution < 1.29 is 8.42 Å². The zero-order chi connectivity index (χ0) is 16.0. The van der Waals surface area contributed by atoms with Crippen LogP contribution < -0.4 is 9.62 Å². The first kappa shape index (κ1) is 18.1. The molecule has 120 valence electrons. The highest BCUT2D eigenvalue weighted by Gasteiger charge is 2.15. The molecule has 0 saturated carbocycles. The average Bonchev–Trinajstić information content (AvgIpc) is 2.40. The molecule has 21 heavy (non-hydrogen) atoms. The Kier molecular flexibility index (Phi) is 6.81. The summed E-state index contributed by atoms with van der Waals surface area (Å²) < 4.78 is 26.5. The van der Waals surface area contributed by atoms with Gasteiger partial charge in [0.15, 0.2) is 0 Å². The Morgan fingerprint density at radius 2 is 1.76 bits per heavy atom. The Morgan fingerprint density at radius 3 is 2.19 bits per heavy atom. The summed E-state index contributed by atoms with van der Waals surface area (Å²) in [5.41, 5.74) is 1.67. The van der Waals surface area contributed by atoms with E-state index in [1.165, 1.54) is 0 Å². The van der Waals surface area contributed by atoms with Crippen molar-refractivity contribution in [3.8, 4) is 0 Å². The number of anilines is 2. The van der Waals surface area contributed by atoms with Crippen LogP contribution in [0.3, 0.4) is 0 Å². The van der Waals surface area contributed by atoms with Crippen molar-refractivity contribution in [2.75, 3.05) is 27.8 Å². The third kappa shape index (κ3) is 5.75. The molecule has 1 rings (SSSR count). The lowest BCUT2D eigenvalue weighted by molar-refractivity contribution is 0.588. The molecule has 0 radical (unpaired) electrons. The zero-order valence-corrected chi connectivity index (χ0v) is 14.7. The van der Waals surface area contributed by atoms with Crippen LogP contribution in [0.1, 0.15) is 27.7 Å². The second-order valence-corrected chi connectivity index (χ2v) is 7.65. The molecule has 6 heteroatoms. The van der Waals surface area contributed by atoms with Crippen LogP contribution in [-0.4, -0.2) is 32.6 Å². The van der Waals surface area contributed by atoms with Crippen molar-refractivity contribution in [1.82, 2.24) is 0 Å². The topological polar surface area (TPSA) is 49.4 Å². The summed E-state index contributed by atoms with van der Waals surface area (Å²) in [6.07, 6.45) is 0. The molecule has 1 atom stereocenters. The molecule has 0 bridgehead atoms. The molecule has 0 saturated heterocycles. The van der Waals surface area contributed by atoms with Gasteiger partial charge in [-0.1, -0.05) is 6.92 Å². The number of nitrogens with zero attached hydrogens (tertiary/aromatic N) is 1. The van der Waals surface area contributed by atoms with Crippen LogP contribution in [0.25, 0.3) is 0 Å². The predicted molar refractivity (Wildman–Crippen MR) is 91.9 cm³/mol. The van der Waals surface area contributed by atoms with E-state index < -0.39 is 10.0 Å². The van der Waals surface area contributed by atoms with E-state index in [2.05, 4.69) is 30.4 Å². The Morgan fingerprint density at radius 1 is 1.19 bits per heavy atom. The maximum atomic E-state index is 12.0. The first-order valence-corrected chi connectivity index (χ1v) is 9.41. The minimum absolute atomic E-state index is 0.0331. The molecule has 1 aromatic carbocycles. The summed E-state index contributed by atoms with van der Waals surface area (Å²) in [6.45, 7) is 9.10. The van der Waals surface area contributed by atoms with Gasteiger partial charge in [0, 0.05) is 29.8 Å². The minimum Gasteiger partial charge on any atom is -0.369 e. The molecule has 0 aliphatic heterocycles. The summed E-state index contributed by atoms with van der Waals surface area (Å²) in [7, 11) is -3.35. The van der Waals surface area contributed by atoms with Gasteiger partial charge in [-0.3, -0.25) is 4.72 Å². The third-order valence-electron chi connectivity index (χ3n) is 3.20. The third-order valence-corrected chi connectivity index (χ3v) is 5.29. The largest absolute Gasteiger partial charge is 0.369 e. The SMILES string of the molecule is CCN(c1ccc(NS(=O)(=O)CC(C)CCl)cc1)C(C)C. The molecule has 1 N–H and O–H groups in total. The highest BCUT2D eigenvalue weighted by molar-refractivity contribution is 7.92. The van der Waals surface area contributed by atoms with Gasteiger partial charge in [0.25, 0.3) is 0 Å². The van der Waals surface area contributed by atoms with Gasteiger partial charge in [-0.15, -0.1) is 11.6 Å². The van der Waals surface area contributed by atoms with Crippen molar-refractivity contribution in [1.29, 1.82) is 0 Å². The van der Waals surface area contributed by atoms with E-state index in [-0.39, 0.29) is 11.7 Å². The second-order valence-electron chi connectivity index (χ2n) is 5.57. The number of alkyl halides is 1. The molecule has 1 unspecified atom stereocenters. The van der Waals surface area contributed by atoms with Gasteiger partial charge in [-0.2, -0.15) is 0 Å². The number of hydrogen-bond acceptors (Lipinski definition) is 3. The van der Waals surface area contributed by atoms with Crippen LogP contribution >= 0.6 is 11.6 Å². The molecule has 0 aliphatic carbocycles. The monoisotopic (exact) mass is 332 g/mol. The molecule has 0 amide bonds. The molecule has 0 aliphatic rings. The Labute approximate surface area is 133 Å². The van der Waals surface area contributed by atoms with E-state index in [0.29, 0.717) is 17.6 Å². The lowest BCUT2D eigenvalue weighted by Crippen LogP contribution is -2.30. The van der Waals surface area contributed by atoms with Crippen LogP contribution in [0.15, 0.2) is 24.3 Å². The normalized spacial score (nSPS) is 13.2. The van der Waals surface area contributed by atoms with Crippen LogP contribution in [0.4, 0.5) is 11.4 Å². The van der Waals surface area contributed by atoms with Gasteiger partial charge in [0.05, 0.1) is 5.75 Å². The predicted octanol–water partition coefficient (Wildman–Crippen LogP) is 3.54. The molecule has 0 spiro atoms. The number of halogens is 1. The van der Waals surface area contributed by atoms with Crippen LogP contribution in [-0.2, 0) is 10.0 Å². The molecule has 4 nitrogen and oxygen atoms in total. The standard InChI is InChI=1S/C15H25ClN2O2S/c1-5-18(12(2)3)15-8-6-14(7-9-15)17-21(19,20)11-13(4)10-16/h6-9,12-13,17H,5,10-11H2,1-4H3. The molecular formula is C15H25ClN2O2S. The maximum Gasteiger partial charge on any atom is 0.233 e. The first-order valence-electron chi connectivity index (χ1n) is 7.22. The number of rotatable bonds is 8. The van der Waals surface area contributed by atoms with E-state index in [0.717, 1.165) is 12.2 Å². The quantitative estimate of drug-likeness (QED) is 0.741. The highest BCUT2D eigenvalue weighted by Crippen LogP contribution is 2.20. The van der Waals surface area contributed by atoms with Crippen LogP contribution in [0.2, 0.25) is 0 Å². The zero-order valence-electron chi connectivity index (χ0n) is 13.1. The van der Waals surface area contributed by atoms with E-state index >= 15 is 0 Å². The summed E-state index contributed by atoms with van der Waals surface area (Å²) in [6, 6.07) is 7.87. The van der Waals surface area contributed by atoms with E-state index in [1.807, 2.05) is 19.1 Å². The summed E-state index contributed by atoms with van der Waals surface area (Å²) in [5, 5.41) is 0. The molecule has 0 fully saturated rings. The molecular weight excluding hydrogens is 308 g/mol. The number of hydrogen-bond donors (Lipinski definition) is 1. The van der Waals surface area contributed by atoms with Crippen LogP contribution in [0, 0.1) is 5.92 Å². The Hall–Kier alpha value is -0.940. The van der Waals surface area contributed by atoms with Gasteiger partial charge in [0.1, 0.15) is 0 Å². The number of benzene rings is 1. The smallest absolute Gasteiger partial charge is 0.233 e. The Balaban J connectivity index is 2.79. The molecule has 0 heterocycles. The molecule has 0 aromatic heterocycles.